The van der Waals surface area contributed by atoms with Gasteiger partial charge in [0, 0.05) is 5.25 Å². The van der Waals surface area contributed by atoms with Crippen LogP contribution in [0.15, 0.2) is 12.7 Å². The van der Waals surface area contributed by atoms with E-state index < -0.39 is 0 Å². The fourth-order valence-electron chi connectivity index (χ4n) is 1.06. The zero-order chi connectivity index (χ0) is 8.81. The molecule has 0 amide bonds. The summed E-state index contributed by atoms with van der Waals surface area (Å²) >= 11 is 3.92. The highest BCUT2D eigenvalue weighted by atomic mass is 32.2. The molecule has 1 aliphatic rings. The lowest BCUT2D eigenvalue weighted by Crippen LogP contribution is -2.17. The summed E-state index contributed by atoms with van der Waals surface area (Å²) in [5, 5.41) is 0.672. The van der Waals surface area contributed by atoms with Crippen LogP contribution in [0.1, 0.15) is 13.3 Å². The Balaban J connectivity index is 2.09. The van der Waals surface area contributed by atoms with Crippen molar-refractivity contribution in [1.82, 2.24) is 0 Å². The molecular formula is C9H15OS2. The third-order valence-electron chi connectivity index (χ3n) is 1.62. The molecule has 1 unspecified atom stereocenters. The fraction of sp³-hybridized carbons (Fsp3) is 0.667. The average molecular weight is 203 g/mol. The van der Waals surface area contributed by atoms with Gasteiger partial charge in [-0.05, 0) is 19.1 Å². The average Bonchev–Trinajstić information content (AvgIpc) is 2.05. The molecule has 1 rings (SSSR count). The molecule has 0 saturated carbocycles. The van der Waals surface area contributed by atoms with Gasteiger partial charge in [0.25, 0.3) is 0 Å². The summed E-state index contributed by atoms with van der Waals surface area (Å²) in [6.07, 6.45) is 3.07. The summed E-state index contributed by atoms with van der Waals surface area (Å²) in [6.45, 7) is 7.36. The van der Waals surface area contributed by atoms with Gasteiger partial charge in [-0.15, -0.1) is 30.1 Å². The molecule has 1 aliphatic heterocycles. The van der Waals surface area contributed by atoms with E-state index in [0.29, 0.717) is 11.9 Å². The van der Waals surface area contributed by atoms with Gasteiger partial charge >= 0.3 is 0 Å². The van der Waals surface area contributed by atoms with E-state index in [1.54, 1.807) is 6.08 Å². The van der Waals surface area contributed by atoms with Crippen LogP contribution in [-0.2, 0) is 4.74 Å². The molecule has 12 heavy (non-hydrogen) atoms. The van der Waals surface area contributed by atoms with Gasteiger partial charge in [0.05, 0.1) is 17.8 Å². The van der Waals surface area contributed by atoms with E-state index in [1.807, 2.05) is 23.5 Å². The Morgan fingerprint density at radius 2 is 2.58 bits per heavy atom. The highest BCUT2D eigenvalue weighted by Crippen LogP contribution is 2.41. The Morgan fingerprint density at radius 1 is 1.75 bits per heavy atom. The van der Waals surface area contributed by atoms with Gasteiger partial charge in [-0.3, -0.25) is 0 Å². The Labute approximate surface area is 83.3 Å². The van der Waals surface area contributed by atoms with Crippen molar-refractivity contribution in [3.8, 4) is 0 Å². The smallest absolute Gasteiger partial charge is 0.0821 e. The van der Waals surface area contributed by atoms with E-state index in [1.165, 1.54) is 16.8 Å². The quantitative estimate of drug-likeness (QED) is 0.513. The number of thioether (sulfide) groups is 2. The molecule has 0 bridgehead atoms. The Hall–Kier alpha value is 0.400. The highest BCUT2D eigenvalue weighted by molar-refractivity contribution is 8.21. The molecule has 69 valence electrons. The topological polar surface area (TPSA) is 9.23 Å². The molecule has 0 aromatic carbocycles. The Kier molecular flexibility index (Phi) is 5.19. The monoisotopic (exact) mass is 203 g/mol. The maximum absolute atomic E-state index is 5.41. The molecule has 0 aromatic heterocycles. The van der Waals surface area contributed by atoms with Gasteiger partial charge in [-0.2, -0.15) is 0 Å². The maximum Gasteiger partial charge on any atom is 0.0821 e. The molecule has 1 fully saturated rings. The Bertz CT molecular complexity index is 138. The first-order chi connectivity index (χ1) is 5.83. The van der Waals surface area contributed by atoms with Crippen molar-refractivity contribution in [2.75, 3.05) is 19.0 Å². The zero-order valence-electron chi connectivity index (χ0n) is 7.41. The second-order valence-electron chi connectivity index (χ2n) is 2.69. The number of hydrogen-bond donors (Lipinski definition) is 0. The van der Waals surface area contributed by atoms with Gasteiger partial charge in [0.15, 0.2) is 0 Å². The first kappa shape index (κ1) is 10.5. The lowest BCUT2D eigenvalue weighted by atomic mass is 10.3. The van der Waals surface area contributed by atoms with Crippen molar-refractivity contribution in [2.45, 2.75) is 18.6 Å². The van der Waals surface area contributed by atoms with E-state index in [-0.39, 0.29) is 0 Å². The third kappa shape index (κ3) is 3.87. The van der Waals surface area contributed by atoms with Crippen LogP contribution in [0.2, 0.25) is 0 Å². The maximum atomic E-state index is 5.41. The summed E-state index contributed by atoms with van der Waals surface area (Å²) in [6, 6.07) is 0. The zero-order valence-corrected chi connectivity index (χ0v) is 9.05. The van der Waals surface area contributed by atoms with Gasteiger partial charge in [-0.25, -0.2) is 0 Å². The molecule has 3 heteroatoms. The van der Waals surface area contributed by atoms with Crippen molar-refractivity contribution in [3.05, 3.63) is 17.2 Å². The molecular weight excluding hydrogens is 188 g/mol. The molecule has 1 heterocycles. The summed E-state index contributed by atoms with van der Waals surface area (Å²) < 4.78 is 6.89. The van der Waals surface area contributed by atoms with Gasteiger partial charge in [0.1, 0.15) is 0 Å². The van der Waals surface area contributed by atoms with Crippen molar-refractivity contribution in [1.29, 1.82) is 0 Å². The van der Waals surface area contributed by atoms with E-state index in [0.717, 1.165) is 6.61 Å². The van der Waals surface area contributed by atoms with E-state index >= 15 is 0 Å². The number of rotatable bonds is 4. The minimum atomic E-state index is 0.672. The van der Waals surface area contributed by atoms with Crippen LogP contribution in [0.5, 0.6) is 0 Å². The van der Waals surface area contributed by atoms with Crippen molar-refractivity contribution >= 4 is 23.5 Å². The van der Waals surface area contributed by atoms with E-state index in [9.17, 15) is 0 Å². The first-order valence-electron chi connectivity index (χ1n) is 4.14. The summed E-state index contributed by atoms with van der Waals surface area (Å²) in [5.74, 6) is 1.25. The molecule has 1 atom stereocenters. The standard InChI is InChI=1S/C9H15OS2/c1-3-5-10-7-9-4-6-11-8(2)12-9/h3,9H,1,4-7H2,2H3. The van der Waals surface area contributed by atoms with Crippen LogP contribution in [-0.4, -0.2) is 24.2 Å². The van der Waals surface area contributed by atoms with Gasteiger partial charge in [0.2, 0.25) is 0 Å². The van der Waals surface area contributed by atoms with Crippen LogP contribution in [0, 0.1) is 4.58 Å². The lowest BCUT2D eigenvalue weighted by Gasteiger charge is -2.24. The molecule has 0 aromatic rings. The highest BCUT2D eigenvalue weighted by Gasteiger charge is 2.19. The fourth-order valence-corrected chi connectivity index (χ4v) is 3.70. The number of hydrogen-bond acceptors (Lipinski definition) is 3. The van der Waals surface area contributed by atoms with Crippen LogP contribution in [0.3, 0.4) is 0 Å². The number of ether oxygens (including phenoxy) is 1. The predicted octanol–water partition coefficient (Wildman–Crippen LogP) is 2.94. The van der Waals surface area contributed by atoms with Crippen LogP contribution in [0.25, 0.3) is 0 Å². The SMILES string of the molecule is C=CCOCC1CCS[C](C)S1. The van der Waals surface area contributed by atoms with Crippen molar-refractivity contribution in [3.63, 3.8) is 0 Å². The predicted molar refractivity (Wildman–Crippen MR) is 58.4 cm³/mol. The van der Waals surface area contributed by atoms with Crippen molar-refractivity contribution < 1.29 is 4.74 Å². The van der Waals surface area contributed by atoms with E-state index in [2.05, 4.69) is 13.5 Å². The van der Waals surface area contributed by atoms with Crippen LogP contribution < -0.4 is 0 Å². The molecule has 0 spiro atoms. The third-order valence-corrected chi connectivity index (χ3v) is 4.14. The summed E-state index contributed by atoms with van der Waals surface area (Å²) in [7, 11) is 0. The minimum absolute atomic E-state index is 0.672. The molecule has 0 N–H and O–H groups in total. The second-order valence-corrected chi connectivity index (χ2v) is 5.78. The van der Waals surface area contributed by atoms with Gasteiger partial charge < -0.3 is 4.74 Å². The van der Waals surface area contributed by atoms with Crippen LogP contribution in [0.4, 0.5) is 0 Å². The normalized spacial score (nSPS) is 25.6. The Morgan fingerprint density at radius 3 is 3.25 bits per heavy atom. The molecule has 1 saturated heterocycles. The largest absolute Gasteiger partial charge is 0.376 e. The molecule has 1 nitrogen and oxygen atoms in total. The summed E-state index contributed by atoms with van der Waals surface area (Å²) in [5.41, 5.74) is 0. The molecule has 1 radical (unpaired) electrons. The van der Waals surface area contributed by atoms with Crippen LogP contribution >= 0.6 is 23.5 Å². The van der Waals surface area contributed by atoms with E-state index in [4.69, 9.17) is 4.74 Å². The minimum Gasteiger partial charge on any atom is -0.376 e. The van der Waals surface area contributed by atoms with Crippen molar-refractivity contribution in [2.24, 2.45) is 0 Å². The first-order valence-corrected chi connectivity index (χ1v) is 6.01. The lowest BCUT2D eigenvalue weighted by molar-refractivity contribution is 0.163. The molecule has 0 aliphatic carbocycles. The summed E-state index contributed by atoms with van der Waals surface area (Å²) in [4.78, 5) is 0. The van der Waals surface area contributed by atoms with Gasteiger partial charge in [-0.1, -0.05) is 6.08 Å². The second kappa shape index (κ2) is 5.95.